The van der Waals surface area contributed by atoms with E-state index >= 15 is 0 Å². The van der Waals surface area contributed by atoms with E-state index in [4.69, 9.17) is 14.6 Å². The van der Waals surface area contributed by atoms with E-state index in [1.807, 2.05) is 32.0 Å². The zero-order valence-corrected chi connectivity index (χ0v) is 19.8. The molecular weight excluding hydrogens is 457 g/mol. The fraction of sp³-hybridized carbons (Fsp3) is 0.321. The zero-order chi connectivity index (χ0) is 25.4. The number of benzene rings is 3. The molecule has 35 heavy (non-hydrogen) atoms. The number of carboxylic acid groups (broad SMARTS) is 1. The van der Waals surface area contributed by atoms with Crippen LogP contribution in [0, 0.1) is 5.82 Å². The molecule has 0 bridgehead atoms. The van der Waals surface area contributed by atoms with Gasteiger partial charge >= 0.3 is 5.97 Å². The van der Waals surface area contributed by atoms with Crippen LogP contribution in [-0.4, -0.2) is 23.8 Å². The van der Waals surface area contributed by atoms with Gasteiger partial charge in [-0.3, -0.25) is 4.79 Å². The Morgan fingerprint density at radius 2 is 1.74 bits per heavy atom. The number of aliphatic carboxylic acids is 1. The minimum atomic E-state index is -2.63. The van der Waals surface area contributed by atoms with Gasteiger partial charge in [-0.15, -0.1) is 0 Å². The van der Waals surface area contributed by atoms with Crippen LogP contribution in [0.4, 0.5) is 13.2 Å². The molecule has 0 amide bonds. The number of aryl methyl sites for hydroxylation is 2. The molecule has 186 valence electrons. The summed E-state index contributed by atoms with van der Waals surface area (Å²) in [6.07, 6.45) is -1.02. The molecule has 0 fully saturated rings. The van der Waals surface area contributed by atoms with Crippen molar-refractivity contribution in [1.82, 2.24) is 0 Å². The van der Waals surface area contributed by atoms with Crippen LogP contribution in [0.3, 0.4) is 0 Å². The summed E-state index contributed by atoms with van der Waals surface area (Å²) in [4.78, 5) is 10.9. The van der Waals surface area contributed by atoms with Gasteiger partial charge in [0.1, 0.15) is 17.3 Å². The van der Waals surface area contributed by atoms with Gasteiger partial charge in [0.05, 0.1) is 12.7 Å². The second-order valence-electron chi connectivity index (χ2n) is 8.31. The van der Waals surface area contributed by atoms with E-state index in [0.29, 0.717) is 42.1 Å². The van der Waals surface area contributed by atoms with Gasteiger partial charge in [-0.2, -0.15) is 0 Å². The average Bonchev–Trinajstić information content (AvgIpc) is 2.83. The lowest BCUT2D eigenvalue weighted by molar-refractivity contribution is -0.136. The highest BCUT2D eigenvalue weighted by Crippen LogP contribution is 2.35. The number of carbonyl (C=O) groups is 1. The van der Waals surface area contributed by atoms with Gasteiger partial charge in [0, 0.05) is 24.0 Å². The lowest BCUT2D eigenvalue weighted by atomic mass is 10.0. The Morgan fingerprint density at radius 1 is 1.00 bits per heavy atom. The third kappa shape index (κ3) is 7.50. The van der Waals surface area contributed by atoms with Gasteiger partial charge in [-0.05, 0) is 78.9 Å². The van der Waals surface area contributed by atoms with Crippen LogP contribution in [0.15, 0.2) is 60.7 Å². The first-order valence-electron chi connectivity index (χ1n) is 11.6. The summed E-state index contributed by atoms with van der Waals surface area (Å²) in [6.45, 7) is 4.25. The molecule has 0 saturated heterocycles. The maximum atomic E-state index is 13.4. The van der Waals surface area contributed by atoms with Crippen molar-refractivity contribution in [2.75, 3.05) is 6.61 Å². The Bertz CT molecular complexity index is 1130. The molecule has 3 rings (SSSR count). The van der Waals surface area contributed by atoms with Crippen molar-refractivity contribution >= 4 is 5.97 Å². The van der Waals surface area contributed by atoms with Gasteiger partial charge in [0.25, 0.3) is 6.43 Å². The largest absolute Gasteiger partial charge is 0.493 e. The lowest BCUT2D eigenvalue weighted by Crippen LogP contribution is -2.16. The van der Waals surface area contributed by atoms with Gasteiger partial charge in [0.2, 0.25) is 0 Å². The van der Waals surface area contributed by atoms with E-state index in [-0.39, 0.29) is 18.1 Å². The first-order valence-corrected chi connectivity index (χ1v) is 11.6. The third-order valence-electron chi connectivity index (χ3n) is 5.70. The van der Waals surface area contributed by atoms with Crippen LogP contribution < -0.4 is 9.47 Å². The molecule has 0 aliphatic carbocycles. The van der Waals surface area contributed by atoms with Crippen LogP contribution in [0.2, 0.25) is 0 Å². The van der Waals surface area contributed by atoms with Crippen LogP contribution in [-0.2, 0) is 17.6 Å². The van der Waals surface area contributed by atoms with Crippen molar-refractivity contribution < 1.29 is 32.5 Å². The highest BCUT2D eigenvalue weighted by molar-refractivity contribution is 5.71. The maximum Gasteiger partial charge on any atom is 0.303 e. The Morgan fingerprint density at radius 3 is 2.40 bits per heavy atom. The average molecular weight is 487 g/mol. The summed E-state index contributed by atoms with van der Waals surface area (Å²) in [6, 6.07) is 15.5. The minimum absolute atomic E-state index is 0.0836. The number of alkyl halides is 2. The summed E-state index contributed by atoms with van der Waals surface area (Å²) >= 11 is 0. The molecule has 1 atom stereocenters. The molecule has 0 radical (unpaired) electrons. The number of hydrogen-bond acceptors (Lipinski definition) is 3. The monoisotopic (exact) mass is 486 g/mol. The van der Waals surface area contributed by atoms with Gasteiger partial charge < -0.3 is 14.6 Å². The highest BCUT2D eigenvalue weighted by Gasteiger charge is 2.15. The summed E-state index contributed by atoms with van der Waals surface area (Å²) in [5, 5.41) is 8.91. The molecule has 3 aromatic rings. The predicted octanol–water partition coefficient (Wildman–Crippen LogP) is 7.25. The molecule has 0 saturated carbocycles. The van der Waals surface area contributed by atoms with Crippen LogP contribution in [0.25, 0.3) is 11.1 Å². The fourth-order valence-electron chi connectivity index (χ4n) is 3.77. The topological polar surface area (TPSA) is 55.8 Å². The summed E-state index contributed by atoms with van der Waals surface area (Å²) in [5.74, 6) is -0.105. The molecular formula is C28H29F3O4. The Balaban J connectivity index is 1.64. The second-order valence-corrected chi connectivity index (χ2v) is 8.31. The highest BCUT2D eigenvalue weighted by atomic mass is 19.3. The number of carboxylic acids is 1. The van der Waals surface area contributed by atoms with Crippen molar-refractivity contribution in [3.63, 3.8) is 0 Å². The van der Waals surface area contributed by atoms with Crippen molar-refractivity contribution in [2.45, 2.75) is 52.1 Å². The van der Waals surface area contributed by atoms with Crippen molar-refractivity contribution in [2.24, 2.45) is 0 Å². The molecule has 0 spiro atoms. The van der Waals surface area contributed by atoms with Crippen LogP contribution in [0.5, 0.6) is 11.5 Å². The first-order chi connectivity index (χ1) is 16.8. The zero-order valence-electron chi connectivity index (χ0n) is 19.8. The third-order valence-corrected chi connectivity index (χ3v) is 5.70. The second kappa shape index (κ2) is 12.3. The van der Waals surface area contributed by atoms with Crippen molar-refractivity contribution in [3.8, 4) is 22.6 Å². The molecule has 0 aromatic heterocycles. The fourth-order valence-corrected chi connectivity index (χ4v) is 3.77. The normalized spacial score (nSPS) is 11.9. The first kappa shape index (κ1) is 26.1. The lowest BCUT2D eigenvalue weighted by Gasteiger charge is -2.19. The van der Waals surface area contributed by atoms with Gasteiger partial charge in [0.15, 0.2) is 0 Å². The summed E-state index contributed by atoms with van der Waals surface area (Å²) in [7, 11) is 0. The number of rotatable bonds is 12. The van der Waals surface area contributed by atoms with Gasteiger partial charge in [-0.1, -0.05) is 25.1 Å². The minimum Gasteiger partial charge on any atom is -0.493 e. The molecule has 0 unspecified atom stereocenters. The smallest absolute Gasteiger partial charge is 0.303 e. The molecule has 4 nitrogen and oxygen atoms in total. The molecule has 7 heteroatoms. The molecule has 0 aliphatic heterocycles. The predicted molar refractivity (Wildman–Crippen MR) is 129 cm³/mol. The van der Waals surface area contributed by atoms with E-state index in [2.05, 4.69) is 0 Å². The van der Waals surface area contributed by atoms with E-state index < -0.39 is 18.2 Å². The molecule has 0 heterocycles. The quantitative estimate of drug-likeness (QED) is 0.293. The van der Waals surface area contributed by atoms with Crippen molar-refractivity contribution in [3.05, 3.63) is 83.2 Å². The Labute approximate surface area is 203 Å². The number of halogens is 3. The van der Waals surface area contributed by atoms with Gasteiger partial charge in [-0.25, -0.2) is 13.2 Å². The van der Waals surface area contributed by atoms with Crippen molar-refractivity contribution in [1.29, 1.82) is 0 Å². The van der Waals surface area contributed by atoms with E-state index in [0.717, 1.165) is 17.5 Å². The summed E-state index contributed by atoms with van der Waals surface area (Å²) in [5.41, 5.74) is 2.98. The number of ether oxygens (including phenoxy) is 2. The SMILES string of the molecule is CCc1cc(OCC[C@@H](C)Oc2ccc(C(F)F)cc2-c2ccc(F)cc2)ccc1CCC(=O)O. The standard InChI is InChI=1S/C28H29F3O4/c1-3-19-16-24(11-6-20(19)8-13-27(32)33)34-15-14-18(2)35-26-12-7-22(28(30)31)17-25(26)21-4-9-23(29)10-5-21/h4-7,9-12,16-18,28H,3,8,13-15H2,1-2H3,(H,32,33)/t18-/m1/s1. The Hall–Kier alpha value is -3.48. The van der Waals surface area contributed by atoms with E-state index in [9.17, 15) is 18.0 Å². The number of hydrogen-bond donors (Lipinski definition) is 1. The Kier molecular flexibility index (Phi) is 9.18. The van der Waals surface area contributed by atoms with Crippen LogP contribution >= 0.6 is 0 Å². The molecule has 0 aliphatic rings. The maximum absolute atomic E-state index is 13.4. The van der Waals surface area contributed by atoms with E-state index in [1.54, 1.807) is 0 Å². The molecule has 1 N–H and O–H groups in total. The molecule has 3 aromatic carbocycles. The van der Waals surface area contributed by atoms with E-state index in [1.165, 1.54) is 42.5 Å². The van der Waals surface area contributed by atoms with Crippen LogP contribution in [0.1, 0.15) is 49.8 Å². The summed E-state index contributed by atoms with van der Waals surface area (Å²) < 4.78 is 51.8.